The quantitative estimate of drug-likeness (QED) is 0.825. The van der Waals surface area contributed by atoms with E-state index in [2.05, 4.69) is 5.32 Å². The van der Waals surface area contributed by atoms with Gasteiger partial charge in [0.15, 0.2) is 19.7 Å². The average molecular weight is 388 g/mol. The molecule has 0 amide bonds. The minimum absolute atomic E-state index is 0.108. The van der Waals surface area contributed by atoms with Crippen molar-refractivity contribution < 1.29 is 21.6 Å². The summed E-state index contributed by atoms with van der Waals surface area (Å²) in [5.74, 6) is 0.143. The number of rotatable bonds is 5. The first-order valence-electron chi connectivity index (χ1n) is 8.66. The van der Waals surface area contributed by atoms with Crippen LogP contribution in [0, 0.1) is 0 Å². The molecule has 0 unspecified atom stereocenters. The van der Waals surface area contributed by atoms with Crippen LogP contribution in [0.3, 0.4) is 0 Å². The number of benzene rings is 1. The largest absolute Gasteiger partial charge is 0.497 e. The highest BCUT2D eigenvalue weighted by Crippen LogP contribution is 2.28. The van der Waals surface area contributed by atoms with Crippen LogP contribution in [0.15, 0.2) is 29.2 Å². The second-order valence-corrected chi connectivity index (χ2v) is 11.3. The molecule has 8 heteroatoms. The van der Waals surface area contributed by atoms with Crippen LogP contribution in [0.4, 0.5) is 0 Å². The van der Waals surface area contributed by atoms with E-state index in [0.717, 1.165) is 25.7 Å². The van der Waals surface area contributed by atoms with Crippen molar-refractivity contribution >= 4 is 19.7 Å². The number of sulfone groups is 2. The standard InChI is InChI=1S/C17H25NO5S2/c1-23-14-7-9-15(10-8-14)25(21,22)17-12-24(19,20)11-16(17)18-13-5-3-2-4-6-13/h7-10,13,16-18H,2-6,11-12H2,1H3/t16-,17-/m0/s1. The average Bonchev–Trinajstić information content (AvgIpc) is 2.91. The van der Waals surface area contributed by atoms with Crippen LogP contribution in [-0.4, -0.2) is 52.8 Å². The van der Waals surface area contributed by atoms with Gasteiger partial charge in [-0.1, -0.05) is 19.3 Å². The number of methoxy groups -OCH3 is 1. The molecule has 1 N–H and O–H groups in total. The minimum atomic E-state index is -3.73. The SMILES string of the molecule is COc1ccc(S(=O)(=O)[C@H]2CS(=O)(=O)C[C@@H]2NC2CCCCC2)cc1. The van der Waals surface area contributed by atoms with Crippen molar-refractivity contribution in [3.8, 4) is 5.75 Å². The third-order valence-corrected chi connectivity index (χ3v) is 9.31. The van der Waals surface area contributed by atoms with E-state index in [1.807, 2.05) is 0 Å². The molecule has 1 aliphatic carbocycles. The third-order valence-electron chi connectivity index (χ3n) is 5.14. The molecule has 1 heterocycles. The Balaban J connectivity index is 1.85. The summed E-state index contributed by atoms with van der Waals surface area (Å²) in [6.45, 7) is 0. The number of nitrogens with one attached hydrogen (secondary N) is 1. The molecule has 1 aromatic rings. The predicted octanol–water partition coefficient (Wildman–Crippen LogP) is 1.56. The van der Waals surface area contributed by atoms with Crippen LogP contribution in [0.5, 0.6) is 5.75 Å². The Morgan fingerprint density at radius 1 is 1.04 bits per heavy atom. The molecule has 2 aliphatic rings. The van der Waals surface area contributed by atoms with E-state index in [-0.39, 0.29) is 22.4 Å². The zero-order valence-electron chi connectivity index (χ0n) is 14.3. The highest BCUT2D eigenvalue weighted by molar-refractivity contribution is 7.96. The lowest BCUT2D eigenvalue weighted by molar-refractivity contribution is 0.345. The molecule has 1 aromatic carbocycles. The first kappa shape index (κ1) is 18.7. The highest BCUT2D eigenvalue weighted by Gasteiger charge is 2.46. The molecule has 1 aliphatic heterocycles. The van der Waals surface area contributed by atoms with Gasteiger partial charge in [-0.15, -0.1) is 0 Å². The topological polar surface area (TPSA) is 89.5 Å². The Labute approximate surface area is 149 Å². The molecule has 0 radical (unpaired) electrons. The maximum atomic E-state index is 13.0. The maximum Gasteiger partial charge on any atom is 0.183 e. The van der Waals surface area contributed by atoms with Gasteiger partial charge in [-0.05, 0) is 37.1 Å². The molecular weight excluding hydrogens is 362 g/mol. The molecule has 1 saturated carbocycles. The summed E-state index contributed by atoms with van der Waals surface area (Å²) >= 11 is 0. The van der Waals surface area contributed by atoms with Crippen molar-refractivity contribution in [3.63, 3.8) is 0 Å². The van der Waals surface area contributed by atoms with E-state index in [9.17, 15) is 16.8 Å². The Kier molecular flexibility index (Phi) is 5.41. The molecule has 1 saturated heterocycles. The molecule has 2 fully saturated rings. The van der Waals surface area contributed by atoms with Crippen molar-refractivity contribution in [1.82, 2.24) is 5.32 Å². The molecule has 2 atom stereocenters. The smallest absolute Gasteiger partial charge is 0.183 e. The lowest BCUT2D eigenvalue weighted by atomic mass is 9.95. The molecule has 25 heavy (non-hydrogen) atoms. The number of hydrogen-bond donors (Lipinski definition) is 1. The summed E-state index contributed by atoms with van der Waals surface area (Å²) < 4.78 is 55.4. The van der Waals surface area contributed by atoms with Crippen LogP contribution in [0.2, 0.25) is 0 Å². The second kappa shape index (κ2) is 7.25. The Bertz CT molecular complexity index is 796. The van der Waals surface area contributed by atoms with Crippen LogP contribution in [0.25, 0.3) is 0 Å². The van der Waals surface area contributed by atoms with Crippen molar-refractivity contribution in [2.45, 2.75) is 54.3 Å². The Morgan fingerprint density at radius 2 is 1.68 bits per heavy atom. The van der Waals surface area contributed by atoms with Crippen molar-refractivity contribution in [3.05, 3.63) is 24.3 Å². The normalized spacial score (nSPS) is 27.2. The molecule has 140 valence electrons. The molecule has 6 nitrogen and oxygen atoms in total. The van der Waals surface area contributed by atoms with Gasteiger partial charge in [0.2, 0.25) is 0 Å². The Morgan fingerprint density at radius 3 is 2.28 bits per heavy atom. The number of hydrogen-bond acceptors (Lipinski definition) is 6. The number of ether oxygens (including phenoxy) is 1. The van der Waals surface area contributed by atoms with Crippen LogP contribution in [-0.2, 0) is 19.7 Å². The van der Waals surface area contributed by atoms with E-state index >= 15 is 0 Å². The highest BCUT2D eigenvalue weighted by atomic mass is 32.2. The van der Waals surface area contributed by atoms with Gasteiger partial charge in [0.25, 0.3) is 0 Å². The maximum absolute atomic E-state index is 13.0. The van der Waals surface area contributed by atoms with E-state index in [1.54, 1.807) is 12.1 Å². The van der Waals surface area contributed by atoms with Crippen molar-refractivity contribution in [2.24, 2.45) is 0 Å². The lowest BCUT2D eigenvalue weighted by Gasteiger charge is -2.28. The molecule has 0 spiro atoms. The Hall–Kier alpha value is -1.12. The second-order valence-electron chi connectivity index (χ2n) is 6.94. The predicted molar refractivity (Wildman–Crippen MR) is 96.4 cm³/mol. The van der Waals surface area contributed by atoms with Gasteiger partial charge in [-0.2, -0.15) is 0 Å². The van der Waals surface area contributed by atoms with E-state index in [1.165, 1.54) is 25.7 Å². The molecular formula is C17H25NO5S2. The summed E-state index contributed by atoms with van der Waals surface area (Å²) in [5, 5.41) is 2.40. The van der Waals surface area contributed by atoms with Gasteiger partial charge in [-0.3, -0.25) is 0 Å². The summed E-state index contributed by atoms with van der Waals surface area (Å²) in [6.07, 6.45) is 5.35. The fraction of sp³-hybridized carbons (Fsp3) is 0.647. The summed E-state index contributed by atoms with van der Waals surface area (Å²) in [6, 6.07) is 5.80. The van der Waals surface area contributed by atoms with Gasteiger partial charge in [0.1, 0.15) is 5.75 Å². The van der Waals surface area contributed by atoms with Crippen LogP contribution >= 0.6 is 0 Å². The molecule has 3 rings (SSSR count). The fourth-order valence-electron chi connectivity index (χ4n) is 3.79. The van der Waals surface area contributed by atoms with Gasteiger partial charge < -0.3 is 10.1 Å². The summed E-state index contributed by atoms with van der Waals surface area (Å²) in [7, 11) is -5.59. The van der Waals surface area contributed by atoms with E-state index in [4.69, 9.17) is 4.74 Å². The van der Waals surface area contributed by atoms with Crippen molar-refractivity contribution in [2.75, 3.05) is 18.6 Å². The van der Waals surface area contributed by atoms with Gasteiger partial charge in [0, 0.05) is 12.1 Å². The first-order valence-corrected chi connectivity index (χ1v) is 12.0. The molecule has 0 bridgehead atoms. The van der Waals surface area contributed by atoms with E-state index < -0.39 is 31.0 Å². The first-order chi connectivity index (χ1) is 11.8. The summed E-state index contributed by atoms with van der Waals surface area (Å²) in [5.41, 5.74) is 0. The summed E-state index contributed by atoms with van der Waals surface area (Å²) in [4.78, 5) is 0.144. The lowest BCUT2D eigenvalue weighted by Crippen LogP contribution is -2.48. The zero-order chi connectivity index (χ0) is 18.1. The molecule has 0 aromatic heterocycles. The van der Waals surface area contributed by atoms with Gasteiger partial charge in [0.05, 0.1) is 28.8 Å². The monoisotopic (exact) mass is 387 g/mol. The van der Waals surface area contributed by atoms with Crippen molar-refractivity contribution in [1.29, 1.82) is 0 Å². The van der Waals surface area contributed by atoms with Crippen LogP contribution in [0.1, 0.15) is 32.1 Å². The van der Waals surface area contributed by atoms with Gasteiger partial charge >= 0.3 is 0 Å². The van der Waals surface area contributed by atoms with E-state index in [0.29, 0.717) is 5.75 Å². The third kappa shape index (κ3) is 4.17. The minimum Gasteiger partial charge on any atom is -0.497 e. The van der Waals surface area contributed by atoms with Crippen LogP contribution < -0.4 is 10.1 Å². The zero-order valence-corrected chi connectivity index (χ0v) is 16.0. The fourth-order valence-corrected chi connectivity index (χ4v) is 8.47. The van der Waals surface area contributed by atoms with Gasteiger partial charge in [-0.25, -0.2) is 16.8 Å².